The van der Waals surface area contributed by atoms with Crippen molar-refractivity contribution in [1.82, 2.24) is 15.1 Å². The minimum atomic E-state index is -0.348. The second-order valence-electron chi connectivity index (χ2n) is 5.96. The first kappa shape index (κ1) is 17.3. The van der Waals surface area contributed by atoms with Crippen molar-refractivity contribution in [3.05, 3.63) is 64.1 Å². The number of amides is 1. The monoisotopic (exact) mass is 343 g/mol. The van der Waals surface area contributed by atoms with Crippen LogP contribution in [0.25, 0.3) is 0 Å². The molecule has 132 valence electrons. The first-order valence-electron chi connectivity index (χ1n) is 8.22. The average Bonchev–Trinajstić information content (AvgIpc) is 2.64. The maximum Gasteiger partial charge on any atom is 0.272 e. The third kappa shape index (κ3) is 4.52. The lowest BCUT2D eigenvalue weighted by Gasteiger charge is -2.32. The molecule has 1 aromatic heterocycles. The number of rotatable bonds is 5. The first-order chi connectivity index (χ1) is 12.1. The standard InChI is InChI=1S/C18H21N3O4/c1-21-17(22)8-7-14(20-21)18(23)19-15-12-24-10-9-16(15)25-11-13-5-3-2-4-6-13/h2-8,15-16H,9-12H2,1H3,(H,19,23)/t15-,16+/m1/s1. The van der Waals surface area contributed by atoms with E-state index >= 15 is 0 Å². The molecule has 3 rings (SSSR count). The molecule has 1 aliphatic heterocycles. The van der Waals surface area contributed by atoms with Gasteiger partial charge in [0.25, 0.3) is 11.5 Å². The van der Waals surface area contributed by atoms with Crippen molar-refractivity contribution < 1.29 is 14.3 Å². The van der Waals surface area contributed by atoms with E-state index in [1.54, 1.807) is 0 Å². The molecule has 1 amide bonds. The van der Waals surface area contributed by atoms with Gasteiger partial charge in [-0.25, -0.2) is 4.68 Å². The lowest BCUT2D eigenvalue weighted by Crippen LogP contribution is -2.50. The highest BCUT2D eigenvalue weighted by atomic mass is 16.5. The van der Waals surface area contributed by atoms with Crippen molar-refractivity contribution in [3.63, 3.8) is 0 Å². The molecule has 7 heteroatoms. The van der Waals surface area contributed by atoms with Gasteiger partial charge >= 0.3 is 0 Å². The van der Waals surface area contributed by atoms with E-state index in [-0.39, 0.29) is 29.3 Å². The van der Waals surface area contributed by atoms with Gasteiger partial charge in [0.2, 0.25) is 0 Å². The third-order valence-electron chi connectivity index (χ3n) is 4.11. The number of nitrogens with one attached hydrogen (secondary N) is 1. The largest absolute Gasteiger partial charge is 0.379 e. The Balaban J connectivity index is 1.63. The molecule has 1 fully saturated rings. The van der Waals surface area contributed by atoms with Crippen molar-refractivity contribution in [2.75, 3.05) is 13.2 Å². The first-order valence-corrected chi connectivity index (χ1v) is 8.22. The number of carbonyl (C=O) groups excluding carboxylic acids is 1. The van der Waals surface area contributed by atoms with Crippen molar-refractivity contribution >= 4 is 5.91 Å². The number of nitrogens with zero attached hydrogens (tertiary/aromatic N) is 2. The Morgan fingerprint density at radius 1 is 1.32 bits per heavy atom. The lowest BCUT2D eigenvalue weighted by molar-refractivity contribution is -0.0605. The van der Waals surface area contributed by atoms with Crippen LogP contribution in [0, 0.1) is 0 Å². The van der Waals surface area contributed by atoms with Gasteiger partial charge in [0.15, 0.2) is 0 Å². The second-order valence-corrected chi connectivity index (χ2v) is 5.96. The summed E-state index contributed by atoms with van der Waals surface area (Å²) in [5.41, 5.74) is 1.01. The number of hydrogen-bond acceptors (Lipinski definition) is 5. The Bertz CT molecular complexity index is 775. The summed E-state index contributed by atoms with van der Waals surface area (Å²) in [7, 11) is 1.51. The predicted molar refractivity (Wildman–Crippen MR) is 91.2 cm³/mol. The minimum Gasteiger partial charge on any atom is -0.379 e. The molecule has 2 heterocycles. The van der Waals surface area contributed by atoms with Crippen LogP contribution >= 0.6 is 0 Å². The molecule has 0 saturated carbocycles. The van der Waals surface area contributed by atoms with E-state index in [2.05, 4.69) is 10.4 Å². The fraction of sp³-hybridized carbons (Fsp3) is 0.389. The van der Waals surface area contributed by atoms with E-state index < -0.39 is 0 Å². The quantitative estimate of drug-likeness (QED) is 0.872. The molecule has 25 heavy (non-hydrogen) atoms. The zero-order valence-electron chi connectivity index (χ0n) is 14.1. The van der Waals surface area contributed by atoms with Gasteiger partial charge in [0.1, 0.15) is 5.69 Å². The molecule has 2 aromatic rings. The molecule has 2 atom stereocenters. The van der Waals surface area contributed by atoms with E-state index in [1.807, 2.05) is 30.3 Å². The molecule has 0 radical (unpaired) electrons. The molecule has 0 bridgehead atoms. The van der Waals surface area contributed by atoms with Gasteiger partial charge in [-0.3, -0.25) is 9.59 Å². The molecule has 1 aliphatic rings. The molecule has 7 nitrogen and oxygen atoms in total. The minimum absolute atomic E-state index is 0.134. The molecule has 0 aliphatic carbocycles. The Labute approximate surface area is 145 Å². The smallest absolute Gasteiger partial charge is 0.272 e. The summed E-state index contributed by atoms with van der Waals surface area (Å²) in [5.74, 6) is -0.348. The van der Waals surface area contributed by atoms with Crippen molar-refractivity contribution in [3.8, 4) is 0 Å². The Morgan fingerprint density at radius 2 is 2.12 bits per heavy atom. The summed E-state index contributed by atoms with van der Waals surface area (Å²) in [5, 5.41) is 6.87. The summed E-state index contributed by atoms with van der Waals surface area (Å²) in [6.07, 6.45) is 0.573. The van der Waals surface area contributed by atoms with E-state index in [4.69, 9.17) is 9.47 Å². The maximum atomic E-state index is 12.4. The van der Waals surface area contributed by atoms with Crippen LogP contribution < -0.4 is 10.9 Å². The number of carbonyl (C=O) groups is 1. The summed E-state index contributed by atoms with van der Waals surface area (Å²) >= 11 is 0. The van der Waals surface area contributed by atoms with Crippen LogP contribution in [0.5, 0.6) is 0 Å². The maximum absolute atomic E-state index is 12.4. The van der Waals surface area contributed by atoms with Gasteiger partial charge in [-0.15, -0.1) is 0 Å². The van der Waals surface area contributed by atoms with E-state index in [1.165, 1.54) is 19.2 Å². The van der Waals surface area contributed by atoms with Crippen molar-refractivity contribution in [2.24, 2.45) is 7.05 Å². The number of benzene rings is 1. The molecule has 0 spiro atoms. The van der Waals surface area contributed by atoms with Crippen LogP contribution in [0.3, 0.4) is 0 Å². The third-order valence-corrected chi connectivity index (χ3v) is 4.11. The SMILES string of the molecule is Cn1nc(C(=O)N[C@@H]2COCC[C@@H]2OCc2ccccc2)ccc1=O. The van der Waals surface area contributed by atoms with Gasteiger partial charge in [-0.2, -0.15) is 5.10 Å². The number of ether oxygens (including phenoxy) is 2. The fourth-order valence-corrected chi connectivity index (χ4v) is 2.70. The highest BCUT2D eigenvalue weighted by Gasteiger charge is 2.28. The average molecular weight is 343 g/mol. The number of aryl methyl sites for hydroxylation is 1. The normalized spacial score (nSPS) is 20.2. The molecular weight excluding hydrogens is 322 g/mol. The lowest BCUT2D eigenvalue weighted by atomic mass is 10.1. The molecule has 1 saturated heterocycles. The van der Waals surface area contributed by atoms with Crippen LogP contribution in [0.15, 0.2) is 47.3 Å². The second kappa shape index (κ2) is 8.04. The van der Waals surface area contributed by atoms with Crippen LogP contribution in [-0.2, 0) is 23.1 Å². The van der Waals surface area contributed by atoms with Crippen LogP contribution in [0.2, 0.25) is 0 Å². The van der Waals surface area contributed by atoms with Gasteiger partial charge in [0.05, 0.1) is 25.4 Å². The number of aromatic nitrogens is 2. The highest BCUT2D eigenvalue weighted by Crippen LogP contribution is 2.15. The topological polar surface area (TPSA) is 82.5 Å². The summed E-state index contributed by atoms with van der Waals surface area (Å²) in [4.78, 5) is 23.8. The fourth-order valence-electron chi connectivity index (χ4n) is 2.70. The van der Waals surface area contributed by atoms with Crippen LogP contribution in [-0.4, -0.2) is 41.0 Å². The van der Waals surface area contributed by atoms with Gasteiger partial charge in [-0.1, -0.05) is 30.3 Å². The number of hydrogen-bond donors (Lipinski definition) is 1. The van der Waals surface area contributed by atoms with E-state index in [0.717, 1.165) is 10.2 Å². The molecular formula is C18H21N3O4. The Kier molecular flexibility index (Phi) is 5.57. The van der Waals surface area contributed by atoms with Crippen molar-refractivity contribution in [1.29, 1.82) is 0 Å². The van der Waals surface area contributed by atoms with E-state index in [0.29, 0.717) is 26.2 Å². The summed E-state index contributed by atoms with van der Waals surface area (Å²) < 4.78 is 12.6. The Morgan fingerprint density at radius 3 is 2.88 bits per heavy atom. The van der Waals surface area contributed by atoms with Crippen LogP contribution in [0.4, 0.5) is 0 Å². The Hall–Kier alpha value is -2.51. The highest BCUT2D eigenvalue weighted by molar-refractivity contribution is 5.92. The van der Waals surface area contributed by atoms with Gasteiger partial charge in [-0.05, 0) is 18.1 Å². The summed E-state index contributed by atoms with van der Waals surface area (Å²) in [6.45, 7) is 1.47. The molecule has 0 unspecified atom stereocenters. The van der Waals surface area contributed by atoms with Crippen molar-refractivity contribution in [2.45, 2.75) is 25.2 Å². The van der Waals surface area contributed by atoms with E-state index in [9.17, 15) is 9.59 Å². The molecule has 1 aromatic carbocycles. The zero-order valence-corrected chi connectivity index (χ0v) is 14.1. The van der Waals surface area contributed by atoms with Crippen LogP contribution in [0.1, 0.15) is 22.5 Å². The molecule has 1 N–H and O–H groups in total. The van der Waals surface area contributed by atoms with Gasteiger partial charge in [0, 0.05) is 19.7 Å². The predicted octanol–water partition coefficient (Wildman–Crippen LogP) is 0.884. The summed E-state index contributed by atoms with van der Waals surface area (Å²) in [6, 6.07) is 12.4. The zero-order chi connectivity index (χ0) is 17.6. The van der Waals surface area contributed by atoms with Gasteiger partial charge < -0.3 is 14.8 Å².